The molecule has 130 valence electrons. The van der Waals surface area contributed by atoms with Gasteiger partial charge >= 0.3 is 0 Å². The van der Waals surface area contributed by atoms with E-state index in [0.29, 0.717) is 0 Å². The highest BCUT2D eigenvalue weighted by Gasteiger charge is 2.74. The Labute approximate surface area is 140 Å². The lowest BCUT2D eigenvalue weighted by Gasteiger charge is -2.67. The molecule has 0 unspecified atom stereocenters. The van der Waals surface area contributed by atoms with Gasteiger partial charge in [0, 0.05) is 5.41 Å². The van der Waals surface area contributed by atoms with Crippen LogP contribution < -0.4 is 0 Å². The second-order valence-corrected chi connectivity index (χ2v) is 9.26. The fourth-order valence-corrected chi connectivity index (χ4v) is 5.72. The normalized spacial score (nSPS) is 54.9. The molecule has 0 bridgehead atoms. The molecular formula is C20H32O3. The van der Waals surface area contributed by atoms with Gasteiger partial charge in [0.2, 0.25) is 0 Å². The van der Waals surface area contributed by atoms with E-state index in [1.54, 1.807) is 6.08 Å². The quantitative estimate of drug-likeness (QED) is 0.724. The van der Waals surface area contributed by atoms with Gasteiger partial charge in [-0.15, -0.1) is 6.58 Å². The number of hydrogen-bond donors (Lipinski definition) is 2. The zero-order valence-corrected chi connectivity index (χ0v) is 15.3. The number of fused-ring (bicyclic) bond motifs is 2. The molecule has 1 heterocycles. The van der Waals surface area contributed by atoms with Crippen molar-refractivity contribution in [3.63, 3.8) is 0 Å². The van der Waals surface area contributed by atoms with Gasteiger partial charge in [-0.05, 0) is 44.9 Å². The minimum atomic E-state index is -1.11. The minimum Gasteiger partial charge on any atom is -0.385 e. The third-order valence-electron chi connectivity index (χ3n) is 7.52. The monoisotopic (exact) mass is 320 g/mol. The van der Waals surface area contributed by atoms with Crippen LogP contribution in [0, 0.1) is 10.8 Å². The van der Waals surface area contributed by atoms with Crippen molar-refractivity contribution in [2.24, 2.45) is 10.8 Å². The van der Waals surface area contributed by atoms with E-state index in [2.05, 4.69) is 27.4 Å². The van der Waals surface area contributed by atoms with Crippen LogP contribution in [0.4, 0.5) is 0 Å². The van der Waals surface area contributed by atoms with Gasteiger partial charge in [-0.1, -0.05) is 45.4 Å². The molecule has 3 aliphatic rings. The summed E-state index contributed by atoms with van der Waals surface area (Å²) >= 11 is 0. The van der Waals surface area contributed by atoms with Crippen LogP contribution in [0.1, 0.15) is 66.7 Å². The van der Waals surface area contributed by atoms with E-state index in [4.69, 9.17) is 4.74 Å². The first-order valence-electron chi connectivity index (χ1n) is 8.88. The first-order valence-corrected chi connectivity index (χ1v) is 8.88. The Morgan fingerprint density at radius 2 is 1.61 bits per heavy atom. The number of hydrogen-bond acceptors (Lipinski definition) is 3. The average Bonchev–Trinajstić information content (AvgIpc) is 2.83. The van der Waals surface area contributed by atoms with Gasteiger partial charge in [-0.2, -0.15) is 0 Å². The lowest BCUT2D eigenvalue weighted by molar-refractivity contribution is -0.297. The van der Waals surface area contributed by atoms with Crippen LogP contribution in [0.25, 0.3) is 0 Å². The van der Waals surface area contributed by atoms with Gasteiger partial charge in [0.25, 0.3) is 0 Å². The maximum absolute atomic E-state index is 11.8. The van der Waals surface area contributed by atoms with Gasteiger partial charge in [0.1, 0.15) is 11.2 Å². The predicted octanol–water partition coefficient (Wildman–Crippen LogP) is 3.75. The molecule has 23 heavy (non-hydrogen) atoms. The van der Waals surface area contributed by atoms with Crippen molar-refractivity contribution in [3.8, 4) is 0 Å². The Morgan fingerprint density at radius 1 is 0.957 bits per heavy atom. The summed E-state index contributed by atoms with van der Waals surface area (Å²) in [5.41, 5.74) is -4.16. The molecule has 5 atom stereocenters. The van der Waals surface area contributed by atoms with E-state index in [-0.39, 0.29) is 5.41 Å². The first kappa shape index (κ1) is 17.2. The Balaban J connectivity index is 2.23. The summed E-state index contributed by atoms with van der Waals surface area (Å²) < 4.78 is 6.59. The second-order valence-electron chi connectivity index (χ2n) is 9.26. The van der Waals surface area contributed by atoms with Gasteiger partial charge in [0.05, 0.1) is 11.2 Å². The third-order valence-corrected chi connectivity index (χ3v) is 7.52. The largest absolute Gasteiger partial charge is 0.385 e. The van der Waals surface area contributed by atoms with Crippen LogP contribution in [0.3, 0.4) is 0 Å². The summed E-state index contributed by atoms with van der Waals surface area (Å²) in [5.74, 6) is 0. The molecule has 0 amide bonds. The molecular weight excluding hydrogens is 288 g/mol. The SMILES string of the molecule is C=C[C@]1(C)CC[C@]2(O1)[C@@]1(C)CCCC(C)(C)[C@]1(O)C=C[C@@]2(C)O. The molecule has 1 spiro atoms. The van der Waals surface area contributed by atoms with E-state index in [1.807, 2.05) is 26.0 Å². The number of ether oxygens (including phenoxy) is 1. The van der Waals surface area contributed by atoms with Gasteiger partial charge in [0.15, 0.2) is 0 Å². The molecule has 1 saturated heterocycles. The molecule has 2 N–H and O–H groups in total. The lowest BCUT2D eigenvalue weighted by Crippen LogP contribution is -2.75. The molecule has 2 fully saturated rings. The number of rotatable bonds is 1. The first-order chi connectivity index (χ1) is 10.4. The van der Waals surface area contributed by atoms with Crippen LogP contribution in [0.2, 0.25) is 0 Å². The highest BCUT2D eigenvalue weighted by Crippen LogP contribution is 2.68. The fraction of sp³-hybridized carbons (Fsp3) is 0.800. The van der Waals surface area contributed by atoms with E-state index >= 15 is 0 Å². The van der Waals surface area contributed by atoms with Crippen LogP contribution >= 0.6 is 0 Å². The minimum absolute atomic E-state index is 0.253. The lowest BCUT2D eigenvalue weighted by atomic mass is 9.43. The summed E-state index contributed by atoms with van der Waals surface area (Å²) in [4.78, 5) is 0. The van der Waals surface area contributed by atoms with Crippen molar-refractivity contribution < 1.29 is 14.9 Å². The molecule has 3 nitrogen and oxygen atoms in total. The van der Waals surface area contributed by atoms with E-state index < -0.39 is 27.8 Å². The molecule has 3 rings (SSSR count). The van der Waals surface area contributed by atoms with E-state index in [9.17, 15) is 10.2 Å². The molecule has 3 heteroatoms. The van der Waals surface area contributed by atoms with Gasteiger partial charge in [-0.25, -0.2) is 0 Å². The Hall–Kier alpha value is -0.640. The second kappa shape index (κ2) is 4.50. The Morgan fingerprint density at radius 3 is 2.17 bits per heavy atom. The van der Waals surface area contributed by atoms with Crippen molar-refractivity contribution in [2.75, 3.05) is 0 Å². The third kappa shape index (κ3) is 1.82. The summed E-state index contributed by atoms with van der Waals surface area (Å²) in [7, 11) is 0. The number of aliphatic hydroxyl groups is 2. The summed E-state index contributed by atoms with van der Waals surface area (Å²) in [5, 5.41) is 23.1. The molecule has 2 aliphatic carbocycles. The van der Waals surface area contributed by atoms with Crippen molar-refractivity contribution in [2.45, 2.75) is 89.1 Å². The highest BCUT2D eigenvalue weighted by molar-refractivity contribution is 5.36. The Bertz CT molecular complexity index is 563. The van der Waals surface area contributed by atoms with Crippen molar-refractivity contribution in [1.29, 1.82) is 0 Å². The molecule has 1 saturated carbocycles. The topological polar surface area (TPSA) is 49.7 Å². The average molecular weight is 320 g/mol. The molecule has 0 aromatic carbocycles. The predicted molar refractivity (Wildman–Crippen MR) is 92.1 cm³/mol. The summed E-state index contributed by atoms with van der Waals surface area (Å²) in [6.45, 7) is 14.1. The molecule has 0 radical (unpaired) electrons. The van der Waals surface area contributed by atoms with Crippen LogP contribution in [0.15, 0.2) is 24.8 Å². The maximum atomic E-state index is 11.8. The van der Waals surface area contributed by atoms with Crippen LogP contribution in [-0.2, 0) is 4.74 Å². The molecule has 0 aromatic heterocycles. The Kier molecular flexibility index (Phi) is 3.36. The fourth-order valence-electron chi connectivity index (χ4n) is 5.72. The van der Waals surface area contributed by atoms with Crippen LogP contribution in [0.5, 0.6) is 0 Å². The smallest absolute Gasteiger partial charge is 0.110 e. The highest BCUT2D eigenvalue weighted by atomic mass is 16.5. The van der Waals surface area contributed by atoms with Crippen molar-refractivity contribution >= 4 is 0 Å². The van der Waals surface area contributed by atoms with Gasteiger partial charge < -0.3 is 14.9 Å². The van der Waals surface area contributed by atoms with E-state index in [0.717, 1.165) is 32.1 Å². The maximum Gasteiger partial charge on any atom is 0.110 e. The molecule has 0 aromatic rings. The molecule has 1 aliphatic heterocycles. The van der Waals surface area contributed by atoms with E-state index in [1.165, 1.54) is 0 Å². The summed E-state index contributed by atoms with van der Waals surface area (Å²) in [6, 6.07) is 0. The summed E-state index contributed by atoms with van der Waals surface area (Å²) in [6.07, 6.45) is 9.86. The van der Waals surface area contributed by atoms with Crippen molar-refractivity contribution in [1.82, 2.24) is 0 Å². The standard InChI is InChI=1S/C20H32O3/c1-7-16(4)11-14-20(23-16)17(5)10-8-9-15(2,3)19(17,22)13-12-18(20,6)21/h7,12-13,21-22H,1,8-11,14H2,2-6H3/t16-,17+,18-,19-,20+/m1/s1. The van der Waals surface area contributed by atoms with Crippen LogP contribution in [-0.4, -0.2) is 32.6 Å². The zero-order chi connectivity index (χ0) is 17.4. The van der Waals surface area contributed by atoms with Gasteiger partial charge in [-0.3, -0.25) is 0 Å². The van der Waals surface area contributed by atoms with Crippen molar-refractivity contribution in [3.05, 3.63) is 24.8 Å². The zero-order valence-electron chi connectivity index (χ0n) is 15.3.